The molecule has 0 unspecified atom stereocenters. The maximum Gasteiger partial charge on any atom is 0.141 e. The second-order valence-electron chi connectivity index (χ2n) is 5.16. The number of fused-ring (bicyclic) bond motifs is 3. The highest BCUT2D eigenvalue weighted by Crippen LogP contribution is 2.28. The largest absolute Gasteiger partial charge is 0.338 e. The highest BCUT2D eigenvalue weighted by Gasteiger charge is 2.09. The molecule has 0 saturated carbocycles. The van der Waals surface area contributed by atoms with Crippen LogP contribution in [0.5, 0.6) is 0 Å². The van der Waals surface area contributed by atoms with Crippen molar-refractivity contribution in [3.63, 3.8) is 0 Å². The molecule has 1 N–H and O–H groups in total. The number of hydrogen-bond donors (Lipinski definition) is 1. The Balaban J connectivity index is 1.98. The Bertz CT molecular complexity index is 1140. The monoisotopic (exact) mass is 295 g/mol. The molecule has 4 aromatic rings. The smallest absolute Gasteiger partial charge is 0.141 e. The van der Waals surface area contributed by atoms with Crippen LogP contribution in [-0.4, -0.2) is 15.0 Å². The molecule has 3 heterocycles. The highest BCUT2D eigenvalue weighted by atomic mass is 14.9. The van der Waals surface area contributed by atoms with Crippen LogP contribution in [0.25, 0.3) is 33.1 Å². The number of nitrogens with one attached hydrogen (secondary N) is 1. The van der Waals surface area contributed by atoms with Gasteiger partial charge in [0.05, 0.1) is 23.3 Å². The summed E-state index contributed by atoms with van der Waals surface area (Å²) in [4.78, 5) is 11.7. The van der Waals surface area contributed by atoms with Crippen molar-refractivity contribution in [3.8, 4) is 23.3 Å². The number of nitrogens with zero attached hydrogens (tertiary/aromatic N) is 4. The molecule has 0 aliphatic heterocycles. The van der Waals surface area contributed by atoms with Crippen LogP contribution in [0.4, 0.5) is 0 Å². The van der Waals surface area contributed by atoms with Gasteiger partial charge < -0.3 is 4.98 Å². The first kappa shape index (κ1) is 13.0. The van der Waals surface area contributed by atoms with Gasteiger partial charge in [-0.15, -0.1) is 0 Å². The molecule has 0 radical (unpaired) electrons. The van der Waals surface area contributed by atoms with Crippen LogP contribution in [0, 0.1) is 22.7 Å². The standard InChI is InChI=1S/C18H9N5/c19-7-11-2-1-3-12(4-11)13-5-16-15-6-14(8-20)21-10-17(15)23-18(16)22-9-13/h1-6,9-10H,(H,22,23). The van der Waals surface area contributed by atoms with Crippen molar-refractivity contribution >= 4 is 21.9 Å². The van der Waals surface area contributed by atoms with E-state index in [1.54, 1.807) is 24.5 Å². The van der Waals surface area contributed by atoms with E-state index in [2.05, 4.69) is 27.1 Å². The predicted octanol–water partition coefficient (Wildman–Crippen LogP) is 3.52. The molecule has 23 heavy (non-hydrogen) atoms. The van der Waals surface area contributed by atoms with Crippen LogP contribution in [0.1, 0.15) is 11.3 Å². The third-order valence-corrected chi connectivity index (χ3v) is 3.77. The van der Waals surface area contributed by atoms with Gasteiger partial charge in [0, 0.05) is 22.5 Å². The van der Waals surface area contributed by atoms with Crippen molar-refractivity contribution in [1.82, 2.24) is 15.0 Å². The fourth-order valence-electron chi connectivity index (χ4n) is 2.66. The first-order valence-corrected chi connectivity index (χ1v) is 6.96. The maximum atomic E-state index is 9.04. The zero-order chi connectivity index (χ0) is 15.8. The number of benzene rings is 1. The minimum Gasteiger partial charge on any atom is -0.338 e. The van der Waals surface area contributed by atoms with Crippen LogP contribution in [0.2, 0.25) is 0 Å². The molecular weight excluding hydrogens is 286 g/mol. The Kier molecular flexibility index (Phi) is 2.79. The van der Waals surface area contributed by atoms with Crippen LogP contribution in [0.15, 0.2) is 48.8 Å². The summed E-state index contributed by atoms with van der Waals surface area (Å²) in [6.45, 7) is 0. The molecule has 106 valence electrons. The SMILES string of the molecule is N#Cc1cccc(-c2cnc3[nH]c4cnc(C#N)cc4c3c2)c1. The van der Waals surface area contributed by atoms with Gasteiger partial charge in [0.25, 0.3) is 0 Å². The molecule has 4 rings (SSSR count). The minimum atomic E-state index is 0.371. The van der Waals surface area contributed by atoms with Gasteiger partial charge in [-0.05, 0) is 29.8 Å². The van der Waals surface area contributed by atoms with E-state index in [-0.39, 0.29) is 0 Å². The van der Waals surface area contributed by atoms with E-state index in [1.807, 2.05) is 24.3 Å². The van der Waals surface area contributed by atoms with Gasteiger partial charge >= 0.3 is 0 Å². The van der Waals surface area contributed by atoms with Crippen LogP contribution < -0.4 is 0 Å². The zero-order valence-corrected chi connectivity index (χ0v) is 11.9. The second kappa shape index (κ2) is 4.94. The average molecular weight is 295 g/mol. The molecule has 5 nitrogen and oxygen atoms in total. The van der Waals surface area contributed by atoms with Crippen molar-refractivity contribution in [2.24, 2.45) is 0 Å². The summed E-state index contributed by atoms with van der Waals surface area (Å²) in [5.74, 6) is 0. The Morgan fingerprint density at radius 1 is 0.870 bits per heavy atom. The lowest BCUT2D eigenvalue weighted by Gasteiger charge is -2.02. The van der Waals surface area contributed by atoms with E-state index in [1.165, 1.54) is 0 Å². The molecule has 1 aromatic carbocycles. The summed E-state index contributed by atoms with van der Waals surface area (Å²) < 4.78 is 0. The zero-order valence-electron chi connectivity index (χ0n) is 11.9. The van der Waals surface area contributed by atoms with Crippen molar-refractivity contribution in [2.75, 3.05) is 0 Å². The van der Waals surface area contributed by atoms with Gasteiger partial charge in [-0.25, -0.2) is 9.97 Å². The fraction of sp³-hybridized carbons (Fsp3) is 0. The van der Waals surface area contributed by atoms with Crippen molar-refractivity contribution in [1.29, 1.82) is 10.5 Å². The minimum absolute atomic E-state index is 0.371. The van der Waals surface area contributed by atoms with Crippen LogP contribution in [-0.2, 0) is 0 Å². The van der Waals surface area contributed by atoms with E-state index in [0.29, 0.717) is 11.3 Å². The quantitative estimate of drug-likeness (QED) is 0.581. The third-order valence-electron chi connectivity index (χ3n) is 3.77. The molecule has 0 spiro atoms. The Hall–Kier alpha value is -3.70. The Morgan fingerprint density at radius 3 is 2.61 bits per heavy atom. The number of aromatic nitrogens is 3. The number of nitriles is 2. The lowest BCUT2D eigenvalue weighted by Crippen LogP contribution is -1.83. The topological polar surface area (TPSA) is 89.2 Å². The lowest BCUT2D eigenvalue weighted by atomic mass is 10.0. The van der Waals surface area contributed by atoms with E-state index in [9.17, 15) is 0 Å². The number of hydrogen-bond acceptors (Lipinski definition) is 4. The summed E-state index contributed by atoms with van der Waals surface area (Å²) in [5.41, 5.74) is 4.42. The Morgan fingerprint density at radius 2 is 1.78 bits per heavy atom. The summed E-state index contributed by atoms with van der Waals surface area (Å²) >= 11 is 0. The molecule has 5 heteroatoms. The lowest BCUT2D eigenvalue weighted by molar-refractivity contribution is 1.27. The average Bonchev–Trinajstić information content (AvgIpc) is 2.98. The summed E-state index contributed by atoms with van der Waals surface area (Å²) in [6.07, 6.45) is 3.42. The molecule has 0 amide bonds. The first-order chi connectivity index (χ1) is 11.3. The van der Waals surface area contributed by atoms with E-state index < -0.39 is 0 Å². The van der Waals surface area contributed by atoms with E-state index >= 15 is 0 Å². The van der Waals surface area contributed by atoms with Gasteiger partial charge in [-0.3, -0.25) is 0 Å². The summed E-state index contributed by atoms with van der Waals surface area (Å²) in [6, 6.07) is 15.4. The van der Waals surface area contributed by atoms with Crippen molar-refractivity contribution < 1.29 is 0 Å². The van der Waals surface area contributed by atoms with Gasteiger partial charge in [-0.1, -0.05) is 12.1 Å². The van der Waals surface area contributed by atoms with E-state index in [0.717, 1.165) is 33.1 Å². The fourth-order valence-corrected chi connectivity index (χ4v) is 2.66. The molecule has 0 aliphatic carbocycles. The second-order valence-corrected chi connectivity index (χ2v) is 5.16. The maximum absolute atomic E-state index is 9.04. The molecule has 0 saturated heterocycles. The molecule has 3 aromatic heterocycles. The van der Waals surface area contributed by atoms with Crippen LogP contribution >= 0.6 is 0 Å². The number of rotatable bonds is 1. The van der Waals surface area contributed by atoms with Gasteiger partial charge in [0.15, 0.2) is 0 Å². The number of H-pyrrole nitrogens is 1. The first-order valence-electron chi connectivity index (χ1n) is 6.96. The molecule has 0 atom stereocenters. The summed E-state index contributed by atoms with van der Waals surface area (Å²) in [5, 5.41) is 19.9. The van der Waals surface area contributed by atoms with Gasteiger partial charge in [0.2, 0.25) is 0 Å². The molecular formula is C18H9N5. The van der Waals surface area contributed by atoms with Gasteiger partial charge in [0.1, 0.15) is 17.4 Å². The summed E-state index contributed by atoms with van der Waals surface area (Å²) in [7, 11) is 0. The van der Waals surface area contributed by atoms with Crippen molar-refractivity contribution in [3.05, 3.63) is 60.0 Å². The predicted molar refractivity (Wildman–Crippen MR) is 86.3 cm³/mol. The van der Waals surface area contributed by atoms with Gasteiger partial charge in [-0.2, -0.15) is 10.5 Å². The van der Waals surface area contributed by atoms with Crippen molar-refractivity contribution in [2.45, 2.75) is 0 Å². The third kappa shape index (κ3) is 2.08. The number of aromatic amines is 1. The highest BCUT2D eigenvalue weighted by molar-refractivity contribution is 6.06. The molecule has 0 bridgehead atoms. The molecule has 0 aliphatic rings. The van der Waals surface area contributed by atoms with Crippen LogP contribution in [0.3, 0.4) is 0 Å². The normalized spacial score (nSPS) is 10.5. The number of pyridine rings is 2. The Labute approximate surface area is 131 Å². The van der Waals surface area contributed by atoms with E-state index in [4.69, 9.17) is 10.5 Å². The molecule has 0 fully saturated rings.